The van der Waals surface area contributed by atoms with Crippen LogP contribution in [0.25, 0.3) is 22.4 Å². The van der Waals surface area contributed by atoms with E-state index in [1.165, 1.54) is 12.1 Å². The van der Waals surface area contributed by atoms with E-state index in [0.29, 0.717) is 11.1 Å². The number of hydrogen-bond acceptors (Lipinski definition) is 4. The molecule has 0 aliphatic heterocycles. The van der Waals surface area contributed by atoms with Gasteiger partial charge < -0.3 is 4.18 Å². The number of fused-ring (bicyclic) bond motifs is 1. The second kappa shape index (κ2) is 8.76. The minimum atomic E-state index is -4.04. The minimum absolute atomic E-state index is 0.0616. The third kappa shape index (κ3) is 4.53. The maximum Gasteiger partial charge on any atom is 0.339 e. The summed E-state index contributed by atoms with van der Waals surface area (Å²) in [7, 11) is -4.04. The van der Waals surface area contributed by atoms with E-state index in [1.807, 2.05) is 48.5 Å². The quantitative estimate of drug-likeness (QED) is 0.184. The Bertz CT molecular complexity index is 1420. The van der Waals surface area contributed by atoms with Gasteiger partial charge in [-0.15, -0.1) is 0 Å². The topological polar surface area (TPSA) is 67.2 Å². The van der Waals surface area contributed by atoms with Crippen molar-refractivity contribution in [1.29, 1.82) is 5.26 Å². The summed E-state index contributed by atoms with van der Waals surface area (Å²) < 4.78 is 32.1. The van der Waals surface area contributed by atoms with Crippen molar-refractivity contribution < 1.29 is 12.6 Å². The molecule has 31 heavy (non-hydrogen) atoms. The molecule has 0 aliphatic rings. The third-order valence-corrected chi connectivity index (χ3v) is 6.50. The molecule has 0 bridgehead atoms. The Labute approximate surface area is 189 Å². The molecule has 4 rings (SSSR count). The largest absolute Gasteiger partial charge is 0.378 e. The van der Waals surface area contributed by atoms with Crippen molar-refractivity contribution in [2.45, 2.75) is 4.90 Å². The van der Waals surface area contributed by atoms with Crippen LogP contribution in [0.15, 0.2) is 100 Å². The molecule has 0 unspecified atom stereocenters. The molecule has 4 nitrogen and oxygen atoms in total. The lowest BCUT2D eigenvalue weighted by Crippen LogP contribution is -2.10. The van der Waals surface area contributed by atoms with Crippen LogP contribution in [0.3, 0.4) is 0 Å². The Balaban J connectivity index is 1.89. The average Bonchev–Trinajstić information content (AvgIpc) is 2.79. The number of rotatable bonds is 5. The molecule has 0 fully saturated rings. The summed E-state index contributed by atoms with van der Waals surface area (Å²) in [5.74, 6) is 0.160. The van der Waals surface area contributed by atoms with E-state index in [4.69, 9.17) is 4.18 Å². The van der Waals surface area contributed by atoms with Crippen LogP contribution in [-0.2, 0) is 10.1 Å². The van der Waals surface area contributed by atoms with Gasteiger partial charge in [-0.05, 0) is 52.7 Å². The Morgan fingerprint density at radius 2 is 1.55 bits per heavy atom. The van der Waals surface area contributed by atoms with Gasteiger partial charge in [0.25, 0.3) is 0 Å². The SMILES string of the molecule is N#C/C(=C\c1c(OS(=O)(=O)c2ccccc2)ccc2ccccc12)c1ccc(Br)cc1. The van der Waals surface area contributed by atoms with Gasteiger partial charge >= 0.3 is 10.1 Å². The van der Waals surface area contributed by atoms with E-state index >= 15 is 0 Å². The van der Waals surface area contributed by atoms with Gasteiger partial charge in [0.15, 0.2) is 5.75 Å². The first-order chi connectivity index (χ1) is 15.0. The van der Waals surface area contributed by atoms with E-state index in [0.717, 1.165) is 20.8 Å². The van der Waals surface area contributed by atoms with Crippen molar-refractivity contribution in [3.8, 4) is 11.8 Å². The van der Waals surface area contributed by atoms with E-state index in [1.54, 1.807) is 36.4 Å². The van der Waals surface area contributed by atoms with Crippen LogP contribution < -0.4 is 4.18 Å². The van der Waals surface area contributed by atoms with Crippen LogP contribution in [0.2, 0.25) is 0 Å². The lowest BCUT2D eigenvalue weighted by atomic mass is 9.99. The van der Waals surface area contributed by atoms with Crippen LogP contribution in [0, 0.1) is 11.3 Å². The molecule has 0 amide bonds. The number of nitrogens with zero attached hydrogens (tertiary/aromatic N) is 1. The fourth-order valence-electron chi connectivity index (χ4n) is 3.20. The van der Waals surface area contributed by atoms with E-state index in [2.05, 4.69) is 22.0 Å². The molecule has 0 radical (unpaired) electrons. The maximum atomic E-state index is 12.8. The Morgan fingerprint density at radius 3 is 2.26 bits per heavy atom. The summed E-state index contributed by atoms with van der Waals surface area (Å²) in [4.78, 5) is 0.0616. The predicted octanol–water partition coefficient (Wildman–Crippen LogP) is 6.43. The first kappa shape index (κ1) is 20.9. The highest BCUT2D eigenvalue weighted by Crippen LogP contribution is 2.33. The summed E-state index contributed by atoms with van der Waals surface area (Å²) in [6.45, 7) is 0. The van der Waals surface area contributed by atoms with E-state index < -0.39 is 10.1 Å². The van der Waals surface area contributed by atoms with Crippen molar-refractivity contribution in [3.05, 3.63) is 107 Å². The molecule has 6 heteroatoms. The average molecular weight is 490 g/mol. The first-order valence-electron chi connectivity index (χ1n) is 9.37. The highest BCUT2D eigenvalue weighted by Gasteiger charge is 2.19. The summed E-state index contributed by atoms with van der Waals surface area (Å²) in [5, 5.41) is 11.5. The standard InChI is InChI=1S/C25H16BrNO3S/c26-21-13-10-18(11-14-21)20(17-27)16-24-23-9-5-4-6-19(23)12-15-25(24)30-31(28,29)22-7-2-1-3-8-22/h1-16H/b20-16+. The van der Waals surface area contributed by atoms with Gasteiger partial charge in [0.05, 0.1) is 11.6 Å². The highest BCUT2D eigenvalue weighted by atomic mass is 79.9. The van der Waals surface area contributed by atoms with Crippen molar-refractivity contribution in [1.82, 2.24) is 0 Å². The minimum Gasteiger partial charge on any atom is -0.378 e. The Hall–Kier alpha value is -3.40. The zero-order chi connectivity index (χ0) is 21.8. The summed E-state index contributed by atoms with van der Waals surface area (Å²) in [6.07, 6.45) is 1.67. The smallest absolute Gasteiger partial charge is 0.339 e. The highest BCUT2D eigenvalue weighted by molar-refractivity contribution is 9.10. The predicted molar refractivity (Wildman–Crippen MR) is 126 cm³/mol. The molecule has 0 spiro atoms. The zero-order valence-electron chi connectivity index (χ0n) is 16.2. The maximum absolute atomic E-state index is 12.8. The van der Waals surface area contributed by atoms with E-state index in [9.17, 15) is 13.7 Å². The molecule has 0 heterocycles. The molecule has 0 saturated heterocycles. The molecule has 4 aromatic rings. The zero-order valence-corrected chi connectivity index (χ0v) is 18.6. The molecular weight excluding hydrogens is 474 g/mol. The van der Waals surface area contributed by atoms with Gasteiger partial charge in [0, 0.05) is 10.0 Å². The monoisotopic (exact) mass is 489 g/mol. The third-order valence-electron chi connectivity index (χ3n) is 4.73. The number of allylic oxidation sites excluding steroid dienone is 1. The molecule has 0 aliphatic carbocycles. The molecular formula is C25H16BrNO3S. The van der Waals surface area contributed by atoms with Crippen molar-refractivity contribution in [3.63, 3.8) is 0 Å². The van der Waals surface area contributed by atoms with Crippen molar-refractivity contribution >= 4 is 48.5 Å². The van der Waals surface area contributed by atoms with Gasteiger partial charge in [0.1, 0.15) is 4.90 Å². The van der Waals surface area contributed by atoms with Crippen molar-refractivity contribution in [2.24, 2.45) is 0 Å². The summed E-state index contributed by atoms with van der Waals surface area (Å²) in [5.41, 5.74) is 1.64. The van der Waals surface area contributed by atoms with Gasteiger partial charge in [-0.3, -0.25) is 0 Å². The Kier molecular flexibility index (Phi) is 5.90. The number of hydrogen-bond donors (Lipinski definition) is 0. The second-order valence-electron chi connectivity index (χ2n) is 6.73. The van der Waals surface area contributed by atoms with Crippen LogP contribution in [-0.4, -0.2) is 8.42 Å². The van der Waals surface area contributed by atoms with Crippen LogP contribution >= 0.6 is 15.9 Å². The van der Waals surface area contributed by atoms with Gasteiger partial charge in [-0.1, -0.05) is 76.6 Å². The molecule has 0 atom stereocenters. The first-order valence-corrected chi connectivity index (χ1v) is 11.6. The van der Waals surface area contributed by atoms with Gasteiger partial charge in [0.2, 0.25) is 0 Å². The second-order valence-corrected chi connectivity index (χ2v) is 9.19. The number of benzene rings is 4. The lowest BCUT2D eigenvalue weighted by Gasteiger charge is -2.13. The normalized spacial score (nSPS) is 11.8. The summed E-state index contributed by atoms with van der Waals surface area (Å²) >= 11 is 3.39. The van der Waals surface area contributed by atoms with Crippen LogP contribution in [0.4, 0.5) is 0 Å². The van der Waals surface area contributed by atoms with Gasteiger partial charge in [-0.25, -0.2) is 0 Å². The molecule has 0 saturated carbocycles. The molecule has 0 N–H and O–H groups in total. The number of halogens is 1. The van der Waals surface area contributed by atoms with Crippen molar-refractivity contribution in [2.75, 3.05) is 0 Å². The summed E-state index contributed by atoms with van der Waals surface area (Å²) in [6, 6.07) is 28.5. The fourth-order valence-corrected chi connectivity index (χ4v) is 4.44. The van der Waals surface area contributed by atoms with Gasteiger partial charge in [-0.2, -0.15) is 13.7 Å². The van der Waals surface area contributed by atoms with E-state index in [-0.39, 0.29) is 10.6 Å². The molecule has 0 aromatic heterocycles. The van der Waals surface area contributed by atoms with Crippen LogP contribution in [0.1, 0.15) is 11.1 Å². The Morgan fingerprint density at radius 1 is 0.871 bits per heavy atom. The fraction of sp³-hybridized carbons (Fsp3) is 0. The van der Waals surface area contributed by atoms with Crippen LogP contribution in [0.5, 0.6) is 5.75 Å². The molecule has 4 aromatic carbocycles. The lowest BCUT2D eigenvalue weighted by molar-refractivity contribution is 0.486. The molecule has 152 valence electrons. The number of nitriles is 1.